The lowest BCUT2D eigenvalue weighted by molar-refractivity contribution is -0.607. The van der Waals surface area contributed by atoms with Crippen molar-refractivity contribution >= 4 is 6.08 Å². The van der Waals surface area contributed by atoms with Gasteiger partial charge in [0, 0.05) is 18.2 Å². The van der Waals surface area contributed by atoms with Gasteiger partial charge < -0.3 is 5.21 Å². The Labute approximate surface area is 66.4 Å². The highest BCUT2D eigenvalue weighted by Crippen LogP contribution is 1.99. The fourth-order valence-electron chi connectivity index (χ4n) is 0.849. The molecule has 1 aromatic rings. The minimum Gasteiger partial charge on any atom is -0.618 e. The van der Waals surface area contributed by atoms with E-state index in [4.69, 9.17) is 0 Å². The Bertz CT molecular complexity index is 275. The van der Waals surface area contributed by atoms with Crippen LogP contribution in [0.3, 0.4) is 0 Å². The van der Waals surface area contributed by atoms with Crippen molar-refractivity contribution in [1.29, 1.82) is 0 Å². The van der Waals surface area contributed by atoms with Crippen LogP contribution < -0.4 is 4.73 Å². The van der Waals surface area contributed by atoms with E-state index in [1.54, 1.807) is 12.1 Å². The van der Waals surface area contributed by atoms with Crippen molar-refractivity contribution in [3.63, 3.8) is 0 Å². The molecule has 2 heteroatoms. The molecule has 0 radical (unpaired) electrons. The van der Waals surface area contributed by atoms with Crippen molar-refractivity contribution in [2.45, 2.75) is 13.8 Å². The lowest BCUT2D eigenvalue weighted by atomic mass is 10.2. The van der Waals surface area contributed by atoms with Gasteiger partial charge in [0.15, 0.2) is 6.20 Å². The van der Waals surface area contributed by atoms with E-state index in [-0.39, 0.29) is 0 Å². The summed E-state index contributed by atoms with van der Waals surface area (Å²) in [6.07, 6.45) is 3.35. The molecule has 0 amide bonds. The molecule has 0 aliphatic carbocycles. The molecule has 0 aromatic carbocycles. The molecule has 1 heterocycles. The molecule has 11 heavy (non-hydrogen) atoms. The molecule has 1 rings (SSSR count). The van der Waals surface area contributed by atoms with E-state index in [0.717, 1.165) is 10.3 Å². The van der Waals surface area contributed by atoms with E-state index in [1.807, 2.05) is 26.0 Å². The fourth-order valence-corrected chi connectivity index (χ4v) is 0.849. The summed E-state index contributed by atoms with van der Waals surface area (Å²) < 4.78 is 0.854. The number of hydrogen-bond donors (Lipinski definition) is 0. The van der Waals surface area contributed by atoms with E-state index in [9.17, 15) is 5.21 Å². The predicted octanol–water partition coefficient (Wildman–Crippen LogP) is 1.74. The number of aromatic nitrogens is 1. The zero-order valence-electron chi connectivity index (χ0n) is 6.74. The zero-order valence-corrected chi connectivity index (χ0v) is 6.74. The summed E-state index contributed by atoms with van der Waals surface area (Å²) in [6.45, 7) is 3.93. The van der Waals surface area contributed by atoms with Crippen LogP contribution in [0, 0.1) is 5.21 Å². The van der Waals surface area contributed by atoms with E-state index < -0.39 is 0 Å². The standard InChI is InChI=1S/C9H11NO/c1-8(2)7-9-5-3-4-6-10(9)11/h3-7H,1-2H3. The summed E-state index contributed by atoms with van der Waals surface area (Å²) in [5, 5.41) is 11.0. The van der Waals surface area contributed by atoms with Crippen LogP contribution in [-0.2, 0) is 0 Å². The molecule has 0 fully saturated rings. The average molecular weight is 149 g/mol. The number of pyridine rings is 1. The van der Waals surface area contributed by atoms with Crippen molar-refractivity contribution in [3.8, 4) is 0 Å². The van der Waals surface area contributed by atoms with Gasteiger partial charge in [-0.25, -0.2) is 0 Å². The van der Waals surface area contributed by atoms with Gasteiger partial charge in [-0.1, -0.05) is 5.57 Å². The van der Waals surface area contributed by atoms with E-state index >= 15 is 0 Å². The van der Waals surface area contributed by atoms with Crippen LogP contribution in [0.5, 0.6) is 0 Å². The van der Waals surface area contributed by atoms with Gasteiger partial charge >= 0.3 is 0 Å². The number of allylic oxidation sites excluding steroid dienone is 1. The molecule has 0 spiro atoms. The van der Waals surface area contributed by atoms with Crippen molar-refractivity contribution in [2.75, 3.05) is 0 Å². The summed E-state index contributed by atoms with van der Waals surface area (Å²) in [6, 6.07) is 5.36. The molecule has 0 bridgehead atoms. The first-order chi connectivity index (χ1) is 5.20. The predicted molar refractivity (Wildman–Crippen MR) is 44.7 cm³/mol. The average Bonchev–Trinajstić information content (AvgIpc) is 1.93. The van der Waals surface area contributed by atoms with Gasteiger partial charge in [-0.15, -0.1) is 0 Å². The molecule has 2 nitrogen and oxygen atoms in total. The Morgan fingerprint density at radius 2 is 2.18 bits per heavy atom. The normalized spacial score (nSPS) is 9.27. The van der Waals surface area contributed by atoms with Crippen molar-refractivity contribution < 1.29 is 4.73 Å². The van der Waals surface area contributed by atoms with Crippen molar-refractivity contribution in [3.05, 3.63) is 40.9 Å². The quantitative estimate of drug-likeness (QED) is 0.441. The van der Waals surface area contributed by atoms with Gasteiger partial charge in [0.05, 0.1) is 0 Å². The Morgan fingerprint density at radius 3 is 2.73 bits per heavy atom. The maximum Gasteiger partial charge on any atom is 0.216 e. The Kier molecular flexibility index (Phi) is 2.26. The lowest BCUT2D eigenvalue weighted by Crippen LogP contribution is -2.28. The molecular formula is C9H11NO. The molecule has 1 aromatic heterocycles. The lowest BCUT2D eigenvalue weighted by Gasteiger charge is -1.98. The minimum atomic E-state index is 0.688. The first-order valence-electron chi connectivity index (χ1n) is 3.53. The maximum atomic E-state index is 11.0. The molecule has 0 unspecified atom stereocenters. The Balaban J connectivity index is 3.04. The maximum absolute atomic E-state index is 11.0. The molecule has 58 valence electrons. The largest absolute Gasteiger partial charge is 0.618 e. The molecular weight excluding hydrogens is 138 g/mol. The molecule has 0 atom stereocenters. The summed E-state index contributed by atoms with van der Waals surface area (Å²) in [5.41, 5.74) is 1.81. The third-order valence-electron chi connectivity index (χ3n) is 1.29. The van der Waals surface area contributed by atoms with Gasteiger partial charge in [0.25, 0.3) is 0 Å². The topological polar surface area (TPSA) is 26.9 Å². The molecule has 0 aliphatic rings. The van der Waals surface area contributed by atoms with E-state index in [0.29, 0.717) is 5.69 Å². The van der Waals surface area contributed by atoms with Gasteiger partial charge in [0.1, 0.15) is 0 Å². The SMILES string of the molecule is CC(C)=Cc1cccc[n+]1[O-]. The van der Waals surface area contributed by atoms with Gasteiger partial charge in [-0.2, -0.15) is 4.73 Å². The van der Waals surface area contributed by atoms with Crippen LogP contribution in [0.25, 0.3) is 6.08 Å². The van der Waals surface area contributed by atoms with Gasteiger partial charge in [-0.05, 0) is 19.9 Å². The van der Waals surface area contributed by atoms with E-state index in [1.165, 1.54) is 6.20 Å². The monoisotopic (exact) mass is 149 g/mol. The highest BCUT2D eigenvalue weighted by molar-refractivity contribution is 5.44. The third-order valence-corrected chi connectivity index (χ3v) is 1.29. The van der Waals surface area contributed by atoms with Crippen molar-refractivity contribution in [2.24, 2.45) is 0 Å². The molecule has 0 aliphatic heterocycles. The summed E-state index contributed by atoms with van der Waals surface area (Å²) in [4.78, 5) is 0. The highest BCUT2D eigenvalue weighted by atomic mass is 16.5. The first kappa shape index (κ1) is 7.79. The van der Waals surface area contributed by atoms with Gasteiger partial charge in [-0.3, -0.25) is 0 Å². The second-order valence-corrected chi connectivity index (χ2v) is 2.67. The smallest absolute Gasteiger partial charge is 0.216 e. The minimum absolute atomic E-state index is 0.688. The number of rotatable bonds is 1. The molecule has 0 saturated heterocycles. The Hall–Kier alpha value is -1.31. The summed E-state index contributed by atoms with van der Waals surface area (Å²) in [5.74, 6) is 0. The number of hydrogen-bond acceptors (Lipinski definition) is 1. The zero-order chi connectivity index (χ0) is 8.27. The van der Waals surface area contributed by atoms with Crippen molar-refractivity contribution in [1.82, 2.24) is 0 Å². The van der Waals surface area contributed by atoms with E-state index in [2.05, 4.69) is 0 Å². The number of nitrogens with zero attached hydrogens (tertiary/aromatic N) is 1. The third kappa shape index (κ3) is 2.08. The second-order valence-electron chi connectivity index (χ2n) is 2.67. The summed E-state index contributed by atoms with van der Waals surface area (Å²) in [7, 11) is 0. The summed E-state index contributed by atoms with van der Waals surface area (Å²) >= 11 is 0. The van der Waals surface area contributed by atoms with Crippen LogP contribution in [0.1, 0.15) is 19.5 Å². The molecule has 0 saturated carbocycles. The van der Waals surface area contributed by atoms with Crippen LogP contribution in [0.2, 0.25) is 0 Å². The van der Waals surface area contributed by atoms with Crippen LogP contribution in [-0.4, -0.2) is 0 Å². The van der Waals surface area contributed by atoms with Crippen LogP contribution in [0.15, 0.2) is 30.0 Å². The highest BCUT2D eigenvalue weighted by Gasteiger charge is 1.96. The fraction of sp³-hybridized carbons (Fsp3) is 0.222. The van der Waals surface area contributed by atoms with Crippen LogP contribution >= 0.6 is 0 Å². The van der Waals surface area contributed by atoms with Crippen LogP contribution in [0.4, 0.5) is 0 Å². The second kappa shape index (κ2) is 3.19. The Morgan fingerprint density at radius 1 is 1.45 bits per heavy atom. The first-order valence-corrected chi connectivity index (χ1v) is 3.53. The van der Waals surface area contributed by atoms with Gasteiger partial charge in [0.2, 0.25) is 5.69 Å². The molecule has 0 N–H and O–H groups in total.